The summed E-state index contributed by atoms with van der Waals surface area (Å²) < 4.78 is 0. The predicted octanol–water partition coefficient (Wildman–Crippen LogP) is 3.11. The van der Waals surface area contributed by atoms with Gasteiger partial charge in [0.05, 0.1) is 0 Å². The number of hydrogen-bond donors (Lipinski definition) is 1. The van der Waals surface area contributed by atoms with E-state index in [0.717, 1.165) is 38.4 Å². The molecule has 1 saturated heterocycles. The van der Waals surface area contributed by atoms with E-state index in [1.54, 1.807) is 0 Å². The highest BCUT2D eigenvalue weighted by Crippen LogP contribution is 2.25. The number of amides is 2. The van der Waals surface area contributed by atoms with E-state index in [1.165, 1.54) is 0 Å². The number of carbonyl (C=O) groups is 1. The highest BCUT2D eigenvalue weighted by molar-refractivity contribution is 5.74. The third kappa shape index (κ3) is 4.21. The minimum Gasteiger partial charge on any atom is -0.337 e. The number of urea groups is 1. The number of nitrogens with zero attached hydrogens (tertiary/aromatic N) is 1. The van der Waals surface area contributed by atoms with Gasteiger partial charge >= 0.3 is 6.03 Å². The van der Waals surface area contributed by atoms with Crippen molar-refractivity contribution < 1.29 is 4.79 Å². The molecule has 1 heterocycles. The van der Waals surface area contributed by atoms with Crippen molar-refractivity contribution in [3.8, 4) is 0 Å². The summed E-state index contributed by atoms with van der Waals surface area (Å²) in [6, 6.07) is 0.116. The highest BCUT2D eigenvalue weighted by atomic mass is 16.2. The maximum absolute atomic E-state index is 12.0. The van der Waals surface area contributed by atoms with Gasteiger partial charge in [-0.1, -0.05) is 34.6 Å². The van der Waals surface area contributed by atoms with E-state index >= 15 is 0 Å². The molecule has 0 radical (unpaired) electrons. The molecule has 0 aromatic carbocycles. The zero-order chi connectivity index (χ0) is 13.1. The molecule has 3 heteroatoms. The molecule has 0 bridgehead atoms. The SMILES string of the molecule is CC1CCN(C(=O)NCC(C)(C)C(C)C)CC1. The fraction of sp³-hybridized carbons (Fsp3) is 0.929. The summed E-state index contributed by atoms with van der Waals surface area (Å²) in [7, 11) is 0. The third-order valence-corrected chi connectivity index (χ3v) is 4.33. The van der Waals surface area contributed by atoms with E-state index < -0.39 is 0 Å². The molecule has 0 saturated carbocycles. The van der Waals surface area contributed by atoms with E-state index in [2.05, 4.69) is 39.9 Å². The molecule has 0 atom stereocenters. The molecule has 0 aliphatic carbocycles. The summed E-state index contributed by atoms with van der Waals surface area (Å²) in [6.45, 7) is 13.7. The van der Waals surface area contributed by atoms with Crippen LogP contribution < -0.4 is 5.32 Å². The summed E-state index contributed by atoms with van der Waals surface area (Å²) in [5.41, 5.74) is 0.165. The lowest BCUT2D eigenvalue weighted by molar-refractivity contribution is 0.163. The minimum absolute atomic E-state index is 0.116. The van der Waals surface area contributed by atoms with Crippen LogP contribution in [-0.4, -0.2) is 30.6 Å². The number of likely N-dealkylation sites (tertiary alicyclic amines) is 1. The Bertz CT molecular complexity index is 253. The van der Waals surface area contributed by atoms with Gasteiger partial charge in [0.2, 0.25) is 0 Å². The second-order valence-corrected chi connectivity index (χ2v) is 6.47. The first kappa shape index (κ1) is 14.3. The monoisotopic (exact) mass is 240 g/mol. The van der Waals surface area contributed by atoms with Crippen molar-refractivity contribution in [3.63, 3.8) is 0 Å². The van der Waals surface area contributed by atoms with Gasteiger partial charge < -0.3 is 10.2 Å². The van der Waals surface area contributed by atoms with Gasteiger partial charge in [0, 0.05) is 19.6 Å². The van der Waals surface area contributed by atoms with Gasteiger partial charge in [-0.3, -0.25) is 0 Å². The molecule has 0 aromatic rings. The molecule has 1 aliphatic heterocycles. The predicted molar refractivity (Wildman–Crippen MR) is 72.0 cm³/mol. The molecule has 3 nitrogen and oxygen atoms in total. The number of piperidine rings is 1. The number of nitrogens with one attached hydrogen (secondary N) is 1. The lowest BCUT2D eigenvalue weighted by Gasteiger charge is -2.33. The first-order valence-electron chi connectivity index (χ1n) is 6.85. The van der Waals surface area contributed by atoms with E-state index in [9.17, 15) is 4.79 Å². The molecule has 17 heavy (non-hydrogen) atoms. The smallest absolute Gasteiger partial charge is 0.317 e. The van der Waals surface area contributed by atoms with Gasteiger partial charge in [0.25, 0.3) is 0 Å². The van der Waals surface area contributed by atoms with Crippen molar-refractivity contribution in [1.82, 2.24) is 10.2 Å². The number of hydrogen-bond acceptors (Lipinski definition) is 1. The summed E-state index contributed by atoms with van der Waals surface area (Å²) in [5, 5.41) is 3.08. The molecule has 0 aromatic heterocycles. The van der Waals surface area contributed by atoms with Crippen LogP contribution in [0, 0.1) is 17.3 Å². The van der Waals surface area contributed by atoms with Crippen molar-refractivity contribution in [1.29, 1.82) is 0 Å². The molecule has 1 fully saturated rings. The van der Waals surface area contributed by atoms with Gasteiger partial charge in [0.1, 0.15) is 0 Å². The molecule has 0 spiro atoms. The number of rotatable bonds is 3. The van der Waals surface area contributed by atoms with Crippen LogP contribution in [0.15, 0.2) is 0 Å². The van der Waals surface area contributed by atoms with Crippen LogP contribution in [0.4, 0.5) is 4.79 Å². The van der Waals surface area contributed by atoms with Crippen LogP contribution in [0.3, 0.4) is 0 Å². The Morgan fingerprint density at radius 2 is 1.88 bits per heavy atom. The Balaban J connectivity index is 2.35. The van der Waals surface area contributed by atoms with Gasteiger partial charge in [-0.25, -0.2) is 4.79 Å². The minimum atomic E-state index is 0.116. The summed E-state index contributed by atoms with van der Waals surface area (Å²) in [4.78, 5) is 13.9. The van der Waals surface area contributed by atoms with Crippen LogP contribution in [0.2, 0.25) is 0 Å². The molecule has 1 rings (SSSR count). The first-order valence-corrected chi connectivity index (χ1v) is 6.85. The van der Waals surface area contributed by atoms with Gasteiger partial charge in [-0.15, -0.1) is 0 Å². The van der Waals surface area contributed by atoms with E-state index in [0.29, 0.717) is 5.92 Å². The Morgan fingerprint density at radius 3 is 2.35 bits per heavy atom. The van der Waals surface area contributed by atoms with E-state index in [1.807, 2.05) is 4.90 Å². The fourth-order valence-electron chi connectivity index (χ4n) is 1.83. The van der Waals surface area contributed by atoms with Crippen molar-refractivity contribution in [3.05, 3.63) is 0 Å². The number of carbonyl (C=O) groups excluding carboxylic acids is 1. The molecule has 100 valence electrons. The van der Waals surface area contributed by atoms with Crippen molar-refractivity contribution >= 4 is 6.03 Å². The maximum Gasteiger partial charge on any atom is 0.317 e. The topological polar surface area (TPSA) is 32.3 Å². The van der Waals surface area contributed by atoms with Gasteiger partial charge in [-0.2, -0.15) is 0 Å². The standard InChI is InChI=1S/C14H28N2O/c1-11(2)14(4,5)10-15-13(17)16-8-6-12(3)7-9-16/h11-12H,6-10H2,1-5H3,(H,15,17). The summed E-state index contributed by atoms with van der Waals surface area (Å²) in [6.07, 6.45) is 2.28. The fourth-order valence-corrected chi connectivity index (χ4v) is 1.83. The molecule has 1 N–H and O–H groups in total. The Kier molecular flexibility index (Phi) is 4.84. The van der Waals surface area contributed by atoms with Gasteiger partial charge in [0.15, 0.2) is 0 Å². The van der Waals surface area contributed by atoms with E-state index in [4.69, 9.17) is 0 Å². The van der Waals surface area contributed by atoms with Crippen LogP contribution in [0.25, 0.3) is 0 Å². The molecular formula is C14H28N2O. The lowest BCUT2D eigenvalue weighted by atomic mass is 9.81. The van der Waals surface area contributed by atoms with Crippen molar-refractivity contribution in [2.45, 2.75) is 47.5 Å². The van der Waals surface area contributed by atoms with Crippen molar-refractivity contribution in [2.75, 3.05) is 19.6 Å². The van der Waals surface area contributed by atoms with Crippen molar-refractivity contribution in [2.24, 2.45) is 17.3 Å². The zero-order valence-electron chi connectivity index (χ0n) is 12.0. The Morgan fingerprint density at radius 1 is 1.35 bits per heavy atom. The van der Waals surface area contributed by atoms with Crippen LogP contribution >= 0.6 is 0 Å². The lowest BCUT2D eigenvalue weighted by Crippen LogP contribution is -2.47. The second-order valence-electron chi connectivity index (χ2n) is 6.47. The molecule has 1 aliphatic rings. The Labute approximate surface area is 106 Å². The van der Waals surface area contributed by atoms with Crippen LogP contribution in [0.1, 0.15) is 47.5 Å². The molecular weight excluding hydrogens is 212 g/mol. The quantitative estimate of drug-likeness (QED) is 0.807. The maximum atomic E-state index is 12.0. The van der Waals surface area contributed by atoms with Crippen LogP contribution in [-0.2, 0) is 0 Å². The van der Waals surface area contributed by atoms with Gasteiger partial charge in [-0.05, 0) is 30.1 Å². The van der Waals surface area contributed by atoms with Crippen LogP contribution in [0.5, 0.6) is 0 Å². The third-order valence-electron chi connectivity index (χ3n) is 4.33. The zero-order valence-corrected chi connectivity index (χ0v) is 12.0. The summed E-state index contributed by atoms with van der Waals surface area (Å²) >= 11 is 0. The highest BCUT2D eigenvalue weighted by Gasteiger charge is 2.25. The second kappa shape index (κ2) is 5.74. The largest absolute Gasteiger partial charge is 0.337 e. The molecule has 0 unspecified atom stereocenters. The average Bonchev–Trinajstić information content (AvgIpc) is 2.27. The van der Waals surface area contributed by atoms with E-state index in [-0.39, 0.29) is 11.4 Å². The summed E-state index contributed by atoms with van der Waals surface area (Å²) in [5.74, 6) is 1.34. The molecule has 2 amide bonds. The first-order chi connectivity index (χ1) is 7.83. The average molecular weight is 240 g/mol. The Hall–Kier alpha value is -0.730. The normalized spacial score (nSPS) is 18.6.